The Morgan fingerprint density at radius 3 is 2.53 bits per heavy atom. The van der Waals surface area contributed by atoms with Crippen LogP contribution in [-0.2, 0) is 10.0 Å². The lowest BCUT2D eigenvalue weighted by atomic mass is 10.0. The first kappa shape index (κ1) is 21.6. The molecule has 8 nitrogen and oxygen atoms in total. The van der Waals surface area contributed by atoms with Gasteiger partial charge in [0.05, 0.1) is 23.2 Å². The Morgan fingerprint density at radius 1 is 1.10 bits per heavy atom. The van der Waals surface area contributed by atoms with Crippen LogP contribution in [0.2, 0.25) is 0 Å². The van der Waals surface area contributed by atoms with Crippen LogP contribution in [0, 0.1) is 10.1 Å². The highest BCUT2D eigenvalue weighted by molar-refractivity contribution is 7.91. The van der Waals surface area contributed by atoms with E-state index in [-0.39, 0.29) is 40.1 Å². The van der Waals surface area contributed by atoms with E-state index < -0.39 is 14.9 Å². The van der Waals surface area contributed by atoms with Gasteiger partial charge in [-0.1, -0.05) is 36.4 Å². The zero-order valence-corrected chi connectivity index (χ0v) is 17.3. The molecule has 0 unspecified atom stereocenters. The molecule has 1 aromatic heterocycles. The lowest BCUT2D eigenvalue weighted by Gasteiger charge is -2.11. The maximum absolute atomic E-state index is 12.8. The van der Waals surface area contributed by atoms with E-state index in [1.165, 1.54) is 24.3 Å². The lowest BCUT2D eigenvalue weighted by Crippen LogP contribution is -2.25. The standard InChI is InChI=1S/C20H18N2O6S2/c23-20(15-6-2-1-3-7-15)17-10-9-16(22(24)25)14-18(17)28-12-5-11-21-30(26,27)19-8-4-13-29-19/h1-4,6-10,13-14,21H,5,11-12H2. The van der Waals surface area contributed by atoms with Gasteiger partial charge in [-0.3, -0.25) is 14.9 Å². The fourth-order valence-corrected chi connectivity index (χ4v) is 4.74. The minimum absolute atomic E-state index is 0.0726. The largest absolute Gasteiger partial charge is 0.493 e. The number of ketones is 1. The predicted molar refractivity (Wildman–Crippen MR) is 113 cm³/mol. The van der Waals surface area contributed by atoms with Gasteiger partial charge in [-0.2, -0.15) is 0 Å². The molecule has 0 fully saturated rings. The summed E-state index contributed by atoms with van der Waals surface area (Å²) in [6.07, 6.45) is 0.312. The number of hydrogen-bond acceptors (Lipinski definition) is 7. The number of nitro groups is 1. The highest BCUT2D eigenvalue weighted by Gasteiger charge is 2.19. The van der Waals surface area contributed by atoms with E-state index in [0.29, 0.717) is 12.0 Å². The molecule has 0 atom stereocenters. The summed E-state index contributed by atoms with van der Waals surface area (Å²) in [6.45, 7) is 0.195. The van der Waals surface area contributed by atoms with E-state index >= 15 is 0 Å². The van der Waals surface area contributed by atoms with Crippen molar-refractivity contribution in [3.05, 3.63) is 87.3 Å². The Kier molecular flexibility index (Phi) is 6.93. The smallest absolute Gasteiger partial charge is 0.273 e. The van der Waals surface area contributed by atoms with Crippen LogP contribution in [-0.4, -0.2) is 32.3 Å². The van der Waals surface area contributed by atoms with Gasteiger partial charge in [0.2, 0.25) is 10.0 Å². The maximum atomic E-state index is 12.8. The van der Waals surface area contributed by atoms with Gasteiger partial charge < -0.3 is 4.74 Å². The van der Waals surface area contributed by atoms with Crippen molar-refractivity contribution in [1.82, 2.24) is 4.72 Å². The lowest BCUT2D eigenvalue weighted by molar-refractivity contribution is -0.384. The van der Waals surface area contributed by atoms with E-state index in [1.54, 1.807) is 41.8 Å². The van der Waals surface area contributed by atoms with Crippen molar-refractivity contribution in [3.8, 4) is 5.75 Å². The molecule has 0 spiro atoms. The molecular formula is C20H18N2O6S2. The summed E-state index contributed by atoms with van der Waals surface area (Å²) >= 11 is 1.11. The van der Waals surface area contributed by atoms with Crippen LogP contribution in [0.25, 0.3) is 0 Å². The zero-order valence-electron chi connectivity index (χ0n) is 15.7. The first-order valence-electron chi connectivity index (χ1n) is 8.92. The van der Waals surface area contributed by atoms with Gasteiger partial charge in [-0.25, -0.2) is 13.1 Å². The number of nitrogens with zero attached hydrogens (tertiary/aromatic N) is 1. The van der Waals surface area contributed by atoms with Gasteiger partial charge in [0.25, 0.3) is 5.69 Å². The van der Waals surface area contributed by atoms with E-state index in [0.717, 1.165) is 11.3 Å². The molecule has 156 valence electrons. The Labute approximate surface area is 177 Å². The maximum Gasteiger partial charge on any atom is 0.273 e. The Balaban J connectivity index is 1.67. The third-order valence-electron chi connectivity index (χ3n) is 4.09. The van der Waals surface area contributed by atoms with Gasteiger partial charge in [-0.05, 0) is 23.9 Å². The molecule has 2 aromatic carbocycles. The molecule has 0 saturated carbocycles. The second kappa shape index (κ2) is 9.61. The second-order valence-corrected chi connectivity index (χ2v) is 9.11. The van der Waals surface area contributed by atoms with Crippen molar-refractivity contribution in [2.75, 3.05) is 13.2 Å². The van der Waals surface area contributed by atoms with E-state index in [4.69, 9.17) is 4.74 Å². The molecule has 1 N–H and O–H groups in total. The SMILES string of the molecule is O=C(c1ccccc1)c1ccc([N+](=O)[O-])cc1OCCCNS(=O)(=O)c1cccs1. The van der Waals surface area contributed by atoms with Crippen LogP contribution in [0.1, 0.15) is 22.3 Å². The number of carbonyl (C=O) groups excluding carboxylic acids is 1. The summed E-state index contributed by atoms with van der Waals surface area (Å²) < 4.78 is 32.5. The number of rotatable bonds is 10. The van der Waals surface area contributed by atoms with Crippen molar-refractivity contribution < 1.29 is 22.9 Å². The molecule has 0 aliphatic rings. The molecule has 0 aliphatic heterocycles. The van der Waals surface area contributed by atoms with Crippen LogP contribution in [0.4, 0.5) is 5.69 Å². The molecule has 3 rings (SSSR count). The van der Waals surface area contributed by atoms with Crippen LogP contribution in [0.3, 0.4) is 0 Å². The van der Waals surface area contributed by atoms with Gasteiger partial charge in [0.1, 0.15) is 9.96 Å². The number of non-ortho nitro benzene ring substituents is 1. The van der Waals surface area contributed by atoms with Gasteiger partial charge in [-0.15, -0.1) is 11.3 Å². The summed E-state index contributed by atoms with van der Waals surface area (Å²) in [5.74, 6) is -0.238. The molecule has 3 aromatic rings. The van der Waals surface area contributed by atoms with Crippen LogP contribution in [0.5, 0.6) is 5.75 Å². The van der Waals surface area contributed by atoms with Crippen LogP contribution >= 0.6 is 11.3 Å². The normalized spacial score (nSPS) is 11.2. The Bertz CT molecular complexity index is 1130. The number of benzene rings is 2. The summed E-state index contributed by atoms with van der Waals surface area (Å²) in [5, 5.41) is 12.8. The third kappa shape index (κ3) is 5.29. The molecular weight excluding hydrogens is 428 g/mol. The fourth-order valence-electron chi connectivity index (χ4n) is 2.62. The number of hydrogen-bond donors (Lipinski definition) is 1. The Morgan fingerprint density at radius 2 is 1.87 bits per heavy atom. The second-order valence-electron chi connectivity index (χ2n) is 6.16. The van der Waals surface area contributed by atoms with E-state index in [2.05, 4.69) is 4.72 Å². The molecule has 0 bridgehead atoms. The van der Waals surface area contributed by atoms with Crippen LogP contribution in [0.15, 0.2) is 70.3 Å². The molecule has 10 heteroatoms. The first-order valence-corrected chi connectivity index (χ1v) is 11.3. The summed E-state index contributed by atoms with van der Waals surface area (Å²) in [6, 6.07) is 15.5. The monoisotopic (exact) mass is 446 g/mol. The molecule has 0 saturated heterocycles. The number of sulfonamides is 1. The van der Waals surface area contributed by atoms with E-state index in [9.17, 15) is 23.3 Å². The average Bonchev–Trinajstić information content (AvgIpc) is 3.29. The molecule has 0 aliphatic carbocycles. The molecule has 0 radical (unpaired) electrons. The predicted octanol–water partition coefficient (Wildman–Crippen LogP) is 3.63. The van der Waals surface area contributed by atoms with Gasteiger partial charge >= 0.3 is 0 Å². The Hall–Kier alpha value is -3.08. The van der Waals surface area contributed by atoms with Gasteiger partial charge in [0, 0.05) is 18.2 Å². The van der Waals surface area contributed by atoms with Crippen molar-refractivity contribution in [2.45, 2.75) is 10.6 Å². The first-order chi connectivity index (χ1) is 14.4. The van der Waals surface area contributed by atoms with Crippen molar-refractivity contribution in [3.63, 3.8) is 0 Å². The van der Waals surface area contributed by atoms with Gasteiger partial charge in [0.15, 0.2) is 5.78 Å². The average molecular weight is 447 g/mol. The van der Waals surface area contributed by atoms with Crippen LogP contribution < -0.4 is 9.46 Å². The fraction of sp³-hybridized carbons (Fsp3) is 0.150. The quantitative estimate of drug-likeness (QED) is 0.220. The number of nitro benzene ring substituents is 1. The molecule has 30 heavy (non-hydrogen) atoms. The minimum atomic E-state index is -3.57. The number of thiophene rings is 1. The summed E-state index contributed by atoms with van der Waals surface area (Å²) in [7, 11) is -3.57. The molecule has 1 heterocycles. The van der Waals surface area contributed by atoms with Crippen molar-refractivity contribution in [1.29, 1.82) is 0 Å². The molecule has 0 amide bonds. The number of nitrogens with one attached hydrogen (secondary N) is 1. The van der Waals surface area contributed by atoms with E-state index in [1.807, 2.05) is 0 Å². The third-order valence-corrected chi connectivity index (χ3v) is 6.95. The summed E-state index contributed by atoms with van der Waals surface area (Å²) in [4.78, 5) is 23.3. The topological polar surface area (TPSA) is 116 Å². The summed E-state index contributed by atoms with van der Waals surface area (Å²) in [5.41, 5.74) is 0.430. The minimum Gasteiger partial charge on any atom is -0.493 e. The highest BCUT2D eigenvalue weighted by Crippen LogP contribution is 2.27. The number of carbonyl (C=O) groups is 1. The van der Waals surface area contributed by atoms with Crippen molar-refractivity contribution in [2.24, 2.45) is 0 Å². The zero-order chi connectivity index (χ0) is 21.6. The van der Waals surface area contributed by atoms with Crippen molar-refractivity contribution >= 4 is 32.8 Å². The highest BCUT2D eigenvalue weighted by atomic mass is 32.2. The number of ether oxygens (including phenoxy) is 1.